The zero-order chi connectivity index (χ0) is 14.9. The highest BCUT2D eigenvalue weighted by Gasteiger charge is 2.27. The van der Waals surface area contributed by atoms with Crippen LogP contribution in [0, 0.1) is 0 Å². The highest BCUT2D eigenvalue weighted by Crippen LogP contribution is 2.25. The molecule has 20 heavy (non-hydrogen) atoms. The predicted molar refractivity (Wildman–Crippen MR) is 81.2 cm³/mol. The van der Waals surface area contributed by atoms with E-state index in [0.717, 1.165) is 18.3 Å². The van der Waals surface area contributed by atoms with Crippen molar-refractivity contribution in [1.29, 1.82) is 0 Å². The lowest BCUT2D eigenvalue weighted by atomic mass is 10.1. The lowest BCUT2D eigenvalue weighted by Gasteiger charge is -2.39. The summed E-state index contributed by atoms with van der Waals surface area (Å²) in [6.45, 7) is 5.02. The SMILES string of the molecule is CC1=C(N(C)Cc2ccco2)N(C)C(N(C)C)=NC1C. The van der Waals surface area contributed by atoms with Crippen molar-refractivity contribution >= 4 is 5.96 Å². The van der Waals surface area contributed by atoms with Crippen molar-refractivity contribution in [2.75, 3.05) is 28.2 Å². The lowest BCUT2D eigenvalue weighted by molar-refractivity contribution is 0.274. The van der Waals surface area contributed by atoms with E-state index in [2.05, 4.69) is 37.7 Å². The maximum absolute atomic E-state index is 5.44. The van der Waals surface area contributed by atoms with Gasteiger partial charge in [-0.15, -0.1) is 0 Å². The second-order valence-corrected chi connectivity index (χ2v) is 5.50. The maximum Gasteiger partial charge on any atom is 0.202 e. The Morgan fingerprint density at radius 3 is 2.60 bits per heavy atom. The van der Waals surface area contributed by atoms with E-state index in [4.69, 9.17) is 9.41 Å². The van der Waals surface area contributed by atoms with Crippen LogP contribution in [0.15, 0.2) is 39.2 Å². The molecule has 0 aromatic carbocycles. The minimum absolute atomic E-state index is 0.192. The number of furan rings is 1. The number of rotatable bonds is 3. The van der Waals surface area contributed by atoms with Crippen LogP contribution < -0.4 is 0 Å². The zero-order valence-corrected chi connectivity index (χ0v) is 13.2. The van der Waals surface area contributed by atoms with Crippen LogP contribution in [0.1, 0.15) is 19.6 Å². The van der Waals surface area contributed by atoms with Crippen LogP contribution in [-0.2, 0) is 6.54 Å². The fourth-order valence-electron chi connectivity index (χ4n) is 2.59. The quantitative estimate of drug-likeness (QED) is 0.848. The normalized spacial score (nSPS) is 19.2. The molecule has 0 saturated heterocycles. The van der Waals surface area contributed by atoms with Crippen LogP contribution in [0.4, 0.5) is 0 Å². The summed E-state index contributed by atoms with van der Waals surface area (Å²) < 4.78 is 5.44. The third kappa shape index (κ3) is 2.66. The smallest absolute Gasteiger partial charge is 0.202 e. The molecular weight excluding hydrogens is 252 g/mol. The Hall–Kier alpha value is -1.91. The molecular formula is C15H24N4O. The molecule has 0 aliphatic carbocycles. The van der Waals surface area contributed by atoms with Crippen LogP contribution in [0.2, 0.25) is 0 Å². The average Bonchev–Trinajstić information content (AvgIpc) is 2.86. The van der Waals surface area contributed by atoms with Crippen molar-refractivity contribution in [3.63, 3.8) is 0 Å². The summed E-state index contributed by atoms with van der Waals surface area (Å²) in [5, 5.41) is 0. The van der Waals surface area contributed by atoms with Crippen molar-refractivity contribution in [1.82, 2.24) is 14.7 Å². The van der Waals surface area contributed by atoms with Gasteiger partial charge in [-0.2, -0.15) is 0 Å². The molecule has 0 radical (unpaired) electrons. The molecule has 1 aliphatic heterocycles. The molecule has 1 atom stereocenters. The Morgan fingerprint density at radius 2 is 2.05 bits per heavy atom. The number of guanidine groups is 1. The van der Waals surface area contributed by atoms with Crippen molar-refractivity contribution in [2.45, 2.75) is 26.4 Å². The minimum Gasteiger partial charge on any atom is -0.467 e. The molecule has 0 fully saturated rings. The van der Waals surface area contributed by atoms with Crippen LogP contribution >= 0.6 is 0 Å². The van der Waals surface area contributed by atoms with E-state index in [0.29, 0.717) is 0 Å². The van der Waals surface area contributed by atoms with Gasteiger partial charge in [0.25, 0.3) is 0 Å². The van der Waals surface area contributed by atoms with Gasteiger partial charge in [0, 0.05) is 28.2 Å². The summed E-state index contributed by atoms with van der Waals surface area (Å²) in [5.74, 6) is 3.12. The van der Waals surface area contributed by atoms with Crippen LogP contribution in [0.25, 0.3) is 0 Å². The van der Waals surface area contributed by atoms with E-state index in [1.165, 1.54) is 11.4 Å². The van der Waals surface area contributed by atoms with Gasteiger partial charge in [-0.25, -0.2) is 4.99 Å². The Kier molecular flexibility index (Phi) is 4.06. The van der Waals surface area contributed by atoms with Crippen LogP contribution in [-0.4, -0.2) is 54.9 Å². The van der Waals surface area contributed by atoms with E-state index in [1.54, 1.807) is 6.26 Å². The molecule has 5 heteroatoms. The van der Waals surface area contributed by atoms with Crippen molar-refractivity contribution in [3.8, 4) is 0 Å². The Balaban J connectivity index is 2.26. The molecule has 1 aromatic heterocycles. The molecule has 0 amide bonds. The van der Waals surface area contributed by atoms with Crippen molar-refractivity contribution in [2.24, 2.45) is 4.99 Å². The Morgan fingerprint density at radius 1 is 1.35 bits per heavy atom. The first-order chi connectivity index (χ1) is 9.41. The van der Waals surface area contributed by atoms with E-state index in [9.17, 15) is 0 Å². The second-order valence-electron chi connectivity index (χ2n) is 5.50. The highest BCUT2D eigenvalue weighted by molar-refractivity contribution is 5.82. The molecule has 1 aliphatic rings. The van der Waals surface area contributed by atoms with Gasteiger partial charge < -0.3 is 19.1 Å². The highest BCUT2D eigenvalue weighted by atomic mass is 16.3. The molecule has 2 rings (SSSR count). The van der Waals surface area contributed by atoms with Crippen molar-refractivity contribution < 1.29 is 4.42 Å². The van der Waals surface area contributed by atoms with Gasteiger partial charge in [0.15, 0.2) is 0 Å². The Labute approximate surface area is 121 Å². The van der Waals surface area contributed by atoms with Crippen molar-refractivity contribution in [3.05, 3.63) is 35.6 Å². The molecule has 5 nitrogen and oxygen atoms in total. The van der Waals surface area contributed by atoms with Gasteiger partial charge in [0.2, 0.25) is 5.96 Å². The van der Waals surface area contributed by atoms with Gasteiger partial charge >= 0.3 is 0 Å². The summed E-state index contributed by atoms with van der Waals surface area (Å²) in [6, 6.07) is 4.11. The summed E-state index contributed by atoms with van der Waals surface area (Å²) in [5.41, 5.74) is 1.27. The number of aliphatic imine (C=N–C) groups is 1. The predicted octanol–water partition coefficient (Wildman–Crippen LogP) is 2.19. The fraction of sp³-hybridized carbons (Fsp3) is 0.533. The summed E-state index contributed by atoms with van der Waals surface area (Å²) in [4.78, 5) is 11.1. The van der Waals surface area contributed by atoms with Gasteiger partial charge in [-0.1, -0.05) is 0 Å². The van der Waals surface area contributed by atoms with E-state index >= 15 is 0 Å². The standard InChI is InChI=1S/C15H24N4O/c1-11-12(2)16-15(17(3)4)19(6)14(11)18(5)10-13-8-7-9-20-13/h7-9,12H,10H2,1-6H3. The summed E-state index contributed by atoms with van der Waals surface area (Å²) in [7, 11) is 8.19. The number of nitrogens with zero attached hydrogens (tertiary/aromatic N) is 4. The Bertz CT molecular complexity index is 516. The van der Waals surface area contributed by atoms with Gasteiger partial charge in [0.1, 0.15) is 11.6 Å². The maximum atomic E-state index is 5.44. The van der Waals surface area contributed by atoms with E-state index < -0.39 is 0 Å². The van der Waals surface area contributed by atoms with Crippen LogP contribution in [0.5, 0.6) is 0 Å². The third-order valence-corrected chi connectivity index (χ3v) is 3.64. The molecule has 1 unspecified atom stereocenters. The zero-order valence-electron chi connectivity index (χ0n) is 13.2. The van der Waals surface area contributed by atoms with E-state index in [-0.39, 0.29) is 6.04 Å². The number of hydrogen-bond acceptors (Lipinski definition) is 5. The molecule has 110 valence electrons. The third-order valence-electron chi connectivity index (χ3n) is 3.64. The number of hydrogen-bond donors (Lipinski definition) is 0. The topological polar surface area (TPSA) is 35.2 Å². The first-order valence-corrected chi connectivity index (χ1v) is 6.85. The van der Waals surface area contributed by atoms with E-state index in [1.807, 2.05) is 31.1 Å². The van der Waals surface area contributed by atoms with Crippen LogP contribution in [0.3, 0.4) is 0 Å². The summed E-state index contributed by atoms with van der Waals surface area (Å²) >= 11 is 0. The van der Waals surface area contributed by atoms with Gasteiger partial charge in [-0.05, 0) is 31.6 Å². The average molecular weight is 276 g/mol. The molecule has 1 aromatic rings. The van der Waals surface area contributed by atoms with Gasteiger partial charge in [0.05, 0.1) is 18.8 Å². The minimum atomic E-state index is 0.192. The first-order valence-electron chi connectivity index (χ1n) is 6.85. The first kappa shape index (κ1) is 14.5. The lowest BCUT2D eigenvalue weighted by Crippen LogP contribution is -2.46. The molecule has 2 heterocycles. The largest absolute Gasteiger partial charge is 0.467 e. The fourth-order valence-corrected chi connectivity index (χ4v) is 2.59. The molecule has 0 bridgehead atoms. The molecule has 0 saturated carbocycles. The monoisotopic (exact) mass is 276 g/mol. The molecule has 0 N–H and O–H groups in total. The second kappa shape index (κ2) is 5.61. The van der Waals surface area contributed by atoms with Gasteiger partial charge in [-0.3, -0.25) is 0 Å². The summed E-state index contributed by atoms with van der Waals surface area (Å²) in [6.07, 6.45) is 1.71. The molecule has 0 spiro atoms.